The van der Waals surface area contributed by atoms with Crippen LogP contribution in [0.2, 0.25) is 0 Å². The van der Waals surface area contributed by atoms with Gasteiger partial charge in [0.25, 0.3) is 10.2 Å². The summed E-state index contributed by atoms with van der Waals surface area (Å²) in [6.45, 7) is 2.54. The van der Waals surface area contributed by atoms with Gasteiger partial charge in [-0.3, -0.25) is 4.79 Å². The zero-order valence-corrected chi connectivity index (χ0v) is 11.4. The van der Waals surface area contributed by atoms with Crippen LogP contribution >= 0.6 is 0 Å². The Balaban J connectivity index is 2.23. The van der Waals surface area contributed by atoms with Gasteiger partial charge in [0.1, 0.15) is 6.04 Å². The SMILES string of the molecule is CCN(C1CC1)S(=O)(=O)N1CCCCC1C(=O)O. The molecule has 1 unspecified atom stereocenters. The molecule has 2 rings (SSSR count). The zero-order chi connectivity index (χ0) is 13.3. The largest absolute Gasteiger partial charge is 0.480 e. The molecule has 0 radical (unpaired) electrons. The highest BCUT2D eigenvalue weighted by molar-refractivity contribution is 7.86. The second-order valence-corrected chi connectivity index (χ2v) is 6.74. The summed E-state index contributed by atoms with van der Waals surface area (Å²) >= 11 is 0. The van der Waals surface area contributed by atoms with E-state index >= 15 is 0 Å². The van der Waals surface area contributed by atoms with Gasteiger partial charge in [-0.15, -0.1) is 0 Å². The normalized spacial score (nSPS) is 26.4. The van der Waals surface area contributed by atoms with Crippen molar-refractivity contribution in [3.05, 3.63) is 0 Å². The predicted octanol–water partition coefficient (Wildman–Crippen LogP) is 0.655. The van der Waals surface area contributed by atoms with Crippen molar-refractivity contribution in [2.45, 2.75) is 51.1 Å². The summed E-state index contributed by atoms with van der Waals surface area (Å²) in [5.41, 5.74) is 0. The van der Waals surface area contributed by atoms with E-state index < -0.39 is 22.2 Å². The number of carboxylic acids is 1. The second kappa shape index (κ2) is 5.14. The average Bonchev–Trinajstić information content (AvgIpc) is 3.14. The Bertz CT molecular complexity index is 419. The number of hydrogen-bond acceptors (Lipinski definition) is 3. The van der Waals surface area contributed by atoms with Crippen LogP contribution in [-0.2, 0) is 15.0 Å². The summed E-state index contributed by atoms with van der Waals surface area (Å²) in [5, 5.41) is 9.16. The summed E-state index contributed by atoms with van der Waals surface area (Å²) < 4.78 is 27.6. The van der Waals surface area contributed by atoms with Crippen LogP contribution in [0, 0.1) is 0 Å². The van der Waals surface area contributed by atoms with Crippen LogP contribution in [0.1, 0.15) is 39.0 Å². The minimum Gasteiger partial charge on any atom is -0.480 e. The quantitative estimate of drug-likeness (QED) is 0.800. The molecule has 18 heavy (non-hydrogen) atoms. The van der Waals surface area contributed by atoms with Crippen LogP contribution in [-0.4, -0.2) is 53.3 Å². The van der Waals surface area contributed by atoms with Crippen molar-refractivity contribution in [3.63, 3.8) is 0 Å². The van der Waals surface area contributed by atoms with Crippen LogP contribution in [0.5, 0.6) is 0 Å². The van der Waals surface area contributed by atoms with Gasteiger partial charge in [0.05, 0.1) is 0 Å². The van der Waals surface area contributed by atoms with Gasteiger partial charge < -0.3 is 5.11 Å². The Kier molecular flexibility index (Phi) is 3.93. The zero-order valence-electron chi connectivity index (χ0n) is 10.6. The highest BCUT2D eigenvalue weighted by Gasteiger charge is 2.44. The van der Waals surface area contributed by atoms with Crippen molar-refractivity contribution < 1.29 is 18.3 Å². The van der Waals surface area contributed by atoms with E-state index in [0.717, 1.165) is 25.7 Å². The standard InChI is InChI=1S/C11H20N2O4S/c1-2-12(9-6-7-9)18(16,17)13-8-4-3-5-10(13)11(14)15/h9-10H,2-8H2,1H3,(H,14,15). The Morgan fingerprint density at radius 3 is 2.50 bits per heavy atom. The number of hydrogen-bond donors (Lipinski definition) is 1. The molecule has 1 aliphatic carbocycles. The molecule has 2 fully saturated rings. The first-order chi connectivity index (χ1) is 8.48. The molecule has 0 spiro atoms. The van der Waals surface area contributed by atoms with Gasteiger partial charge in [-0.25, -0.2) is 0 Å². The third kappa shape index (κ3) is 2.53. The molecule has 0 amide bonds. The minimum absolute atomic E-state index is 0.0800. The Morgan fingerprint density at radius 1 is 1.33 bits per heavy atom. The first kappa shape index (κ1) is 13.8. The summed E-state index contributed by atoms with van der Waals surface area (Å²) in [6, 6.07) is -0.812. The number of nitrogens with zero attached hydrogens (tertiary/aromatic N) is 2. The van der Waals surface area contributed by atoms with Gasteiger partial charge >= 0.3 is 5.97 Å². The second-order valence-electron chi connectivity index (χ2n) is 4.90. The van der Waals surface area contributed by atoms with Gasteiger partial charge in [-0.05, 0) is 32.1 Å². The molecule has 0 bridgehead atoms. The van der Waals surface area contributed by atoms with E-state index in [4.69, 9.17) is 5.11 Å². The van der Waals surface area contributed by atoms with Crippen LogP contribution in [0.3, 0.4) is 0 Å². The fourth-order valence-corrected chi connectivity index (χ4v) is 4.60. The number of aliphatic carboxylic acids is 1. The maximum Gasteiger partial charge on any atom is 0.322 e. The Labute approximate surface area is 108 Å². The Hall–Kier alpha value is -0.660. The maximum absolute atomic E-state index is 12.5. The number of carbonyl (C=O) groups is 1. The molecular weight excluding hydrogens is 256 g/mol. The van der Waals surface area contributed by atoms with Crippen molar-refractivity contribution in [1.29, 1.82) is 0 Å². The smallest absolute Gasteiger partial charge is 0.322 e. The van der Waals surface area contributed by atoms with E-state index in [0.29, 0.717) is 19.5 Å². The summed E-state index contributed by atoms with van der Waals surface area (Å²) in [4.78, 5) is 11.2. The molecule has 1 saturated heterocycles. The van der Waals surface area contributed by atoms with Gasteiger partial charge in [0, 0.05) is 19.1 Å². The highest BCUT2D eigenvalue weighted by atomic mass is 32.2. The number of piperidine rings is 1. The molecule has 0 aromatic rings. The van der Waals surface area contributed by atoms with Crippen LogP contribution < -0.4 is 0 Å². The lowest BCUT2D eigenvalue weighted by Gasteiger charge is -2.35. The van der Waals surface area contributed by atoms with Gasteiger partial charge in [-0.1, -0.05) is 6.92 Å². The predicted molar refractivity (Wildman–Crippen MR) is 66.3 cm³/mol. The molecule has 1 saturated carbocycles. The van der Waals surface area contributed by atoms with Crippen molar-refractivity contribution in [2.24, 2.45) is 0 Å². The third-order valence-corrected chi connectivity index (χ3v) is 5.78. The van der Waals surface area contributed by atoms with E-state index in [1.165, 1.54) is 8.61 Å². The Morgan fingerprint density at radius 2 is 2.00 bits per heavy atom. The lowest BCUT2D eigenvalue weighted by Crippen LogP contribution is -2.53. The molecule has 104 valence electrons. The van der Waals surface area contributed by atoms with Gasteiger partial charge in [0.15, 0.2) is 0 Å². The van der Waals surface area contributed by atoms with Crippen molar-refractivity contribution in [3.8, 4) is 0 Å². The van der Waals surface area contributed by atoms with E-state index in [1.807, 2.05) is 0 Å². The van der Waals surface area contributed by atoms with E-state index in [2.05, 4.69) is 0 Å². The number of carboxylic acid groups (broad SMARTS) is 1. The van der Waals surface area contributed by atoms with Crippen LogP contribution in [0.4, 0.5) is 0 Å². The maximum atomic E-state index is 12.5. The molecule has 1 N–H and O–H groups in total. The van der Waals surface area contributed by atoms with Crippen molar-refractivity contribution >= 4 is 16.2 Å². The molecule has 7 heteroatoms. The van der Waals surface area contributed by atoms with E-state index in [-0.39, 0.29) is 6.04 Å². The molecule has 1 aliphatic heterocycles. The fourth-order valence-electron chi connectivity index (χ4n) is 2.53. The highest BCUT2D eigenvalue weighted by Crippen LogP contribution is 2.32. The molecule has 6 nitrogen and oxygen atoms in total. The minimum atomic E-state index is -3.62. The first-order valence-corrected chi connectivity index (χ1v) is 7.89. The molecule has 1 atom stereocenters. The topological polar surface area (TPSA) is 77.9 Å². The van der Waals surface area contributed by atoms with Gasteiger partial charge in [-0.2, -0.15) is 17.0 Å². The molecular formula is C11H20N2O4S. The summed E-state index contributed by atoms with van der Waals surface area (Å²) in [6.07, 6.45) is 3.71. The first-order valence-electron chi connectivity index (χ1n) is 6.50. The summed E-state index contributed by atoms with van der Waals surface area (Å²) in [5.74, 6) is -1.04. The molecule has 0 aromatic heterocycles. The van der Waals surface area contributed by atoms with E-state index in [9.17, 15) is 13.2 Å². The average molecular weight is 276 g/mol. The van der Waals surface area contributed by atoms with Crippen LogP contribution in [0.25, 0.3) is 0 Å². The molecule has 1 heterocycles. The van der Waals surface area contributed by atoms with Crippen molar-refractivity contribution in [2.75, 3.05) is 13.1 Å². The monoisotopic (exact) mass is 276 g/mol. The molecule has 0 aromatic carbocycles. The van der Waals surface area contributed by atoms with Crippen LogP contribution in [0.15, 0.2) is 0 Å². The number of rotatable bonds is 5. The lowest BCUT2D eigenvalue weighted by molar-refractivity contribution is -0.142. The summed E-state index contributed by atoms with van der Waals surface area (Å²) in [7, 11) is -3.62. The fraction of sp³-hybridized carbons (Fsp3) is 0.909. The third-order valence-electron chi connectivity index (χ3n) is 3.60. The van der Waals surface area contributed by atoms with Crippen molar-refractivity contribution in [1.82, 2.24) is 8.61 Å². The van der Waals surface area contributed by atoms with Gasteiger partial charge in [0.2, 0.25) is 0 Å². The lowest BCUT2D eigenvalue weighted by atomic mass is 10.1. The molecule has 2 aliphatic rings. The van der Waals surface area contributed by atoms with E-state index in [1.54, 1.807) is 6.92 Å².